The summed E-state index contributed by atoms with van der Waals surface area (Å²) in [5, 5.41) is 6.14. The van der Waals surface area contributed by atoms with E-state index in [1.807, 2.05) is 33.2 Å². The molecule has 3 rings (SSSR count). The van der Waals surface area contributed by atoms with Crippen molar-refractivity contribution in [1.29, 1.82) is 0 Å². The number of benzene rings is 2. The highest BCUT2D eigenvalue weighted by Crippen LogP contribution is 2.35. The average Bonchev–Trinajstić information content (AvgIpc) is 2.98. The minimum atomic E-state index is -0.398. The number of amides is 1. The first-order chi connectivity index (χ1) is 13.4. The maximum absolute atomic E-state index is 12.5. The number of fused-ring (bicyclic) bond motifs is 1. The first-order valence-corrected chi connectivity index (χ1v) is 9.23. The van der Waals surface area contributed by atoms with Gasteiger partial charge in [-0.2, -0.15) is 0 Å². The summed E-state index contributed by atoms with van der Waals surface area (Å²) in [5.41, 5.74) is 5.26. The van der Waals surface area contributed by atoms with E-state index in [1.54, 1.807) is 25.1 Å². The number of esters is 1. The standard InChI is InChI=1S/C22H25N3O3/c1-5-28-22(27)16-8-11-18-19(12-16)24-21(26)20(18)14(2)23-17-9-6-15(7-10-17)13-25(3)4/h6-12,23H,5,13H2,1-4H3,(H,24,26). The molecule has 0 atom stereocenters. The normalized spacial score (nSPS) is 14.5. The van der Waals surface area contributed by atoms with E-state index in [0.717, 1.165) is 23.5 Å². The van der Waals surface area contributed by atoms with E-state index >= 15 is 0 Å². The third-order valence-corrected chi connectivity index (χ3v) is 4.43. The highest BCUT2D eigenvalue weighted by molar-refractivity contribution is 6.32. The van der Waals surface area contributed by atoms with Gasteiger partial charge in [-0.25, -0.2) is 4.79 Å². The van der Waals surface area contributed by atoms with E-state index in [4.69, 9.17) is 4.74 Å². The molecule has 28 heavy (non-hydrogen) atoms. The third-order valence-electron chi connectivity index (χ3n) is 4.43. The van der Waals surface area contributed by atoms with Gasteiger partial charge in [0.15, 0.2) is 0 Å². The summed E-state index contributed by atoms with van der Waals surface area (Å²) in [4.78, 5) is 26.5. The average molecular weight is 379 g/mol. The molecule has 0 saturated carbocycles. The van der Waals surface area contributed by atoms with Crippen LogP contribution < -0.4 is 10.6 Å². The second kappa shape index (κ2) is 8.27. The predicted octanol–water partition coefficient (Wildman–Crippen LogP) is 3.72. The molecule has 2 N–H and O–H groups in total. The van der Waals surface area contributed by atoms with Crippen LogP contribution in [0.3, 0.4) is 0 Å². The Morgan fingerprint density at radius 1 is 1.14 bits per heavy atom. The minimum Gasteiger partial charge on any atom is -0.462 e. The number of hydrogen-bond donors (Lipinski definition) is 2. The molecule has 1 amide bonds. The highest BCUT2D eigenvalue weighted by Gasteiger charge is 2.27. The highest BCUT2D eigenvalue weighted by atomic mass is 16.5. The number of anilines is 2. The van der Waals surface area contributed by atoms with E-state index in [2.05, 4.69) is 27.7 Å². The summed E-state index contributed by atoms with van der Waals surface area (Å²) in [5.74, 6) is -0.588. The fourth-order valence-electron chi connectivity index (χ4n) is 3.22. The Bertz CT molecular complexity index is 931. The summed E-state index contributed by atoms with van der Waals surface area (Å²) < 4.78 is 5.02. The number of carbonyl (C=O) groups is 2. The molecule has 6 heteroatoms. The van der Waals surface area contributed by atoms with Crippen molar-refractivity contribution in [1.82, 2.24) is 4.90 Å². The number of nitrogens with one attached hydrogen (secondary N) is 2. The first kappa shape index (κ1) is 19.6. The zero-order valence-electron chi connectivity index (χ0n) is 16.6. The lowest BCUT2D eigenvalue weighted by molar-refractivity contribution is -0.110. The Hall–Kier alpha value is -3.12. The lowest BCUT2D eigenvalue weighted by Crippen LogP contribution is -2.11. The van der Waals surface area contributed by atoms with Crippen molar-refractivity contribution in [2.45, 2.75) is 20.4 Å². The molecule has 1 aliphatic heterocycles. The molecular weight excluding hydrogens is 354 g/mol. The summed E-state index contributed by atoms with van der Waals surface area (Å²) in [6.45, 7) is 4.82. The van der Waals surface area contributed by atoms with Gasteiger partial charge in [0.2, 0.25) is 0 Å². The van der Waals surface area contributed by atoms with Gasteiger partial charge in [-0.05, 0) is 57.8 Å². The van der Waals surface area contributed by atoms with Crippen molar-refractivity contribution in [2.24, 2.45) is 0 Å². The summed E-state index contributed by atoms with van der Waals surface area (Å²) in [6, 6.07) is 13.2. The second-order valence-corrected chi connectivity index (χ2v) is 6.99. The van der Waals surface area contributed by atoms with Gasteiger partial charge in [-0.15, -0.1) is 0 Å². The zero-order valence-corrected chi connectivity index (χ0v) is 16.6. The van der Waals surface area contributed by atoms with Crippen molar-refractivity contribution in [3.05, 3.63) is 64.9 Å². The molecule has 0 saturated heterocycles. The van der Waals surface area contributed by atoms with Gasteiger partial charge in [-0.3, -0.25) is 4.79 Å². The molecule has 1 aliphatic rings. The van der Waals surface area contributed by atoms with E-state index in [0.29, 0.717) is 23.4 Å². The molecule has 0 bridgehead atoms. The van der Waals surface area contributed by atoms with Gasteiger partial charge in [0.1, 0.15) is 0 Å². The van der Waals surface area contributed by atoms with Crippen LogP contribution in [0.2, 0.25) is 0 Å². The summed E-state index contributed by atoms with van der Waals surface area (Å²) in [7, 11) is 4.06. The molecule has 0 spiro atoms. The van der Waals surface area contributed by atoms with Crippen LogP contribution in [0.25, 0.3) is 5.57 Å². The molecule has 6 nitrogen and oxygen atoms in total. The van der Waals surface area contributed by atoms with Crippen LogP contribution in [-0.2, 0) is 16.1 Å². The van der Waals surface area contributed by atoms with Crippen molar-refractivity contribution in [2.75, 3.05) is 31.3 Å². The maximum Gasteiger partial charge on any atom is 0.338 e. The van der Waals surface area contributed by atoms with Crippen LogP contribution in [-0.4, -0.2) is 37.5 Å². The topological polar surface area (TPSA) is 70.7 Å². The van der Waals surface area contributed by atoms with Crippen molar-refractivity contribution in [3.8, 4) is 0 Å². The molecule has 2 aromatic carbocycles. The Balaban J connectivity index is 1.84. The van der Waals surface area contributed by atoms with Gasteiger partial charge in [-0.1, -0.05) is 18.2 Å². The number of nitrogens with zero attached hydrogens (tertiary/aromatic N) is 1. The van der Waals surface area contributed by atoms with Gasteiger partial charge in [0.25, 0.3) is 5.91 Å². The quantitative estimate of drug-likeness (QED) is 0.591. The SMILES string of the molecule is CCOC(=O)c1ccc2c(c1)NC(=O)C2=C(C)Nc1ccc(CN(C)C)cc1. The van der Waals surface area contributed by atoms with Crippen molar-refractivity contribution in [3.63, 3.8) is 0 Å². The zero-order chi connectivity index (χ0) is 20.3. The molecule has 0 fully saturated rings. The molecule has 0 radical (unpaired) electrons. The maximum atomic E-state index is 12.5. The van der Waals surface area contributed by atoms with Gasteiger partial charge >= 0.3 is 5.97 Å². The molecule has 0 unspecified atom stereocenters. The van der Waals surface area contributed by atoms with Crippen LogP contribution in [0.4, 0.5) is 11.4 Å². The Kier molecular flexibility index (Phi) is 5.80. The summed E-state index contributed by atoms with van der Waals surface area (Å²) >= 11 is 0. The fraction of sp³-hybridized carbons (Fsp3) is 0.273. The first-order valence-electron chi connectivity index (χ1n) is 9.23. The molecule has 146 valence electrons. The number of hydrogen-bond acceptors (Lipinski definition) is 5. The van der Waals surface area contributed by atoms with Crippen LogP contribution in [0.15, 0.2) is 48.2 Å². The molecule has 1 heterocycles. The lowest BCUT2D eigenvalue weighted by atomic mass is 10.0. The third kappa shape index (κ3) is 4.23. The molecule has 2 aromatic rings. The lowest BCUT2D eigenvalue weighted by Gasteiger charge is -2.12. The number of allylic oxidation sites excluding steroid dienone is 1. The molecule has 0 aromatic heterocycles. The number of carbonyl (C=O) groups excluding carboxylic acids is 2. The molecular formula is C22H25N3O3. The summed E-state index contributed by atoms with van der Waals surface area (Å²) in [6.07, 6.45) is 0. The van der Waals surface area contributed by atoms with E-state index in [9.17, 15) is 9.59 Å². The minimum absolute atomic E-state index is 0.190. The Morgan fingerprint density at radius 3 is 2.50 bits per heavy atom. The van der Waals surface area contributed by atoms with Crippen LogP contribution >= 0.6 is 0 Å². The number of ether oxygens (including phenoxy) is 1. The van der Waals surface area contributed by atoms with Crippen molar-refractivity contribution >= 4 is 28.8 Å². The van der Waals surface area contributed by atoms with Crippen molar-refractivity contribution < 1.29 is 14.3 Å². The smallest absolute Gasteiger partial charge is 0.338 e. The molecule has 0 aliphatic carbocycles. The van der Waals surface area contributed by atoms with Gasteiger partial charge < -0.3 is 20.3 Å². The van der Waals surface area contributed by atoms with Crippen LogP contribution in [0.5, 0.6) is 0 Å². The second-order valence-electron chi connectivity index (χ2n) is 6.99. The van der Waals surface area contributed by atoms with E-state index < -0.39 is 5.97 Å². The number of rotatable bonds is 6. The fourth-order valence-corrected chi connectivity index (χ4v) is 3.22. The van der Waals surface area contributed by atoms with Gasteiger partial charge in [0.05, 0.1) is 23.4 Å². The van der Waals surface area contributed by atoms with Gasteiger partial charge in [0, 0.05) is 23.5 Å². The monoisotopic (exact) mass is 379 g/mol. The predicted molar refractivity (Wildman–Crippen MR) is 111 cm³/mol. The van der Waals surface area contributed by atoms with E-state index in [-0.39, 0.29) is 5.91 Å². The Labute approximate surface area is 165 Å². The largest absolute Gasteiger partial charge is 0.462 e. The van der Waals surface area contributed by atoms with E-state index in [1.165, 1.54) is 5.56 Å². The Morgan fingerprint density at radius 2 is 1.86 bits per heavy atom. The van der Waals surface area contributed by atoms with Crippen LogP contribution in [0, 0.1) is 0 Å². The van der Waals surface area contributed by atoms with Crippen LogP contribution in [0.1, 0.15) is 35.3 Å².